The van der Waals surface area contributed by atoms with Gasteiger partial charge in [-0.2, -0.15) is 5.10 Å². The fraction of sp³-hybridized carbons (Fsp3) is 0.273. The maximum absolute atomic E-state index is 5.93. The zero-order chi connectivity index (χ0) is 19.8. The summed E-state index contributed by atoms with van der Waals surface area (Å²) in [7, 11) is 0. The van der Waals surface area contributed by atoms with Crippen molar-refractivity contribution < 1.29 is 9.47 Å². The first-order valence-corrected chi connectivity index (χ1v) is 10.3. The highest BCUT2D eigenvalue weighted by Crippen LogP contribution is 2.29. The standard InChI is InChI=1S/C22H25N3O2S/c1-4-16(3)27-20-12-11-17(13-21(20)26-5-2)14-23-25-22-24-19(15-28-22)18-9-7-6-8-10-18/h6-16H,4-5H2,1-3H3,(H,24,25). The number of hydrazone groups is 1. The number of ether oxygens (including phenoxy) is 2. The Bertz CT molecular complexity index is 909. The molecule has 0 aliphatic rings. The molecule has 0 aliphatic heterocycles. The van der Waals surface area contributed by atoms with Crippen LogP contribution in [0.3, 0.4) is 0 Å². The van der Waals surface area contributed by atoms with Gasteiger partial charge < -0.3 is 9.47 Å². The van der Waals surface area contributed by atoms with E-state index in [0.29, 0.717) is 6.61 Å². The topological polar surface area (TPSA) is 55.7 Å². The third kappa shape index (κ3) is 5.33. The molecule has 146 valence electrons. The molecule has 0 amide bonds. The fourth-order valence-corrected chi connectivity index (χ4v) is 3.17. The highest BCUT2D eigenvalue weighted by atomic mass is 32.1. The summed E-state index contributed by atoms with van der Waals surface area (Å²) < 4.78 is 11.6. The van der Waals surface area contributed by atoms with Crippen molar-refractivity contribution in [1.82, 2.24) is 4.98 Å². The molecule has 6 heteroatoms. The number of rotatable bonds is 9. The molecule has 2 aromatic carbocycles. The van der Waals surface area contributed by atoms with Gasteiger partial charge in [0, 0.05) is 10.9 Å². The van der Waals surface area contributed by atoms with Gasteiger partial charge in [-0.1, -0.05) is 37.3 Å². The zero-order valence-electron chi connectivity index (χ0n) is 16.4. The molecule has 1 atom stereocenters. The summed E-state index contributed by atoms with van der Waals surface area (Å²) in [5, 5.41) is 7.07. The molecule has 0 fully saturated rings. The quantitative estimate of drug-likeness (QED) is 0.366. The lowest BCUT2D eigenvalue weighted by atomic mass is 10.2. The van der Waals surface area contributed by atoms with Gasteiger partial charge in [-0.05, 0) is 44.0 Å². The van der Waals surface area contributed by atoms with E-state index in [1.807, 2.05) is 67.8 Å². The lowest BCUT2D eigenvalue weighted by molar-refractivity contribution is 0.203. The summed E-state index contributed by atoms with van der Waals surface area (Å²) in [6.45, 7) is 6.69. The highest BCUT2D eigenvalue weighted by molar-refractivity contribution is 7.14. The van der Waals surface area contributed by atoms with Crippen molar-refractivity contribution in [3.63, 3.8) is 0 Å². The van der Waals surface area contributed by atoms with E-state index in [4.69, 9.17) is 9.47 Å². The van der Waals surface area contributed by atoms with Gasteiger partial charge in [0.2, 0.25) is 5.13 Å². The van der Waals surface area contributed by atoms with Crippen LogP contribution in [-0.2, 0) is 0 Å². The van der Waals surface area contributed by atoms with Gasteiger partial charge in [-0.3, -0.25) is 5.43 Å². The van der Waals surface area contributed by atoms with Crippen LogP contribution >= 0.6 is 11.3 Å². The zero-order valence-corrected chi connectivity index (χ0v) is 17.2. The number of hydrogen-bond acceptors (Lipinski definition) is 6. The van der Waals surface area contributed by atoms with Crippen LogP contribution in [0.5, 0.6) is 11.5 Å². The number of anilines is 1. The summed E-state index contributed by atoms with van der Waals surface area (Å²) in [4.78, 5) is 4.56. The van der Waals surface area contributed by atoms with Crippen molar-refractivity contribution in [3.05, 3.63) is 59.5 Å². The predicted octanol–water partition coefficient (Wildman–Crippen LogP) is 5.83. The summed E-state index contributed by atoms with van der Waals surface area (Å²) >= 11 is 1.52. The minimum absolute atomic E-state index is 0.143. The minimum Gasteiger partial charge on any atom is -0.490 e. The van der Waals surface area contributed by atoms with Crippen molar-refractivity contribution in [3.8, 4) is 22.8 Å². The van der Waals surface area contributed by atoms with Gasteiger partial charge >= 0.3 is 0 Å². The third-order valence-corrected chi connectivity index (χ3v) is 4.87. The Kier molecular flexibility index (Phi) is 7.03. The Hall–Kier alpha value is -2.86. The Morgan fingerprint density at radius 3 is 2.71 bits per heavy atom. The van der Waals surface area contributed by atoms with Crippen molar-refractivity contribution >= 4 is 22.7 Å². The first-order valence-electron chi connectivity index (χ1n) is 9.43. The number of hydrogen-bond donors (Lipinski definition) is 1. The van der Waals surface area contributed by atoms with Crippen molar-refractivity contribution in [2.75, 3.05) is 12.0 Å². The maximum Gasteiger partial charge on any atom is 0.203 e. The molecule has 1 unspecified atom stereocenters. The van der Waals surface area contributed by atoms with Crippen LogP contribution < -0.4 is 14.9 Å². The van der Waals surface area contributed by atoms with E-state index in [0.717, 1.165) is 39.9 Å². The van der Waals surface area contributed by atoms with Crippen LogP contribution in [0.2, 0.25) is 0 Å². The van der Waals surface area contributed by atoms with E-state index in [-0.39, 0.29) is 6.10 Å². The summed E-state index contributed by atoms with van der Waals surface area (Å²) in [5.74, 6) is 1.49. The van der Waals surface area contributed by atoms with Crippen LogP contribution in [0, 0.1) is 0 Å². The monoisotopic (exact) mass is 395 g/mol. The van der Waals surface area contributed by atoms with Gasteiger partial charge in [0.15, 0.2) is 11.5 Å². The van der Waals surface area contributed by atoms with Gasteiger partial charge in [0.25, 0.3) is 0 Å². The normalized spacial score (nSPS) is 12.1. The van der Waals surface area contributed by atoms with Crippen molar-refractivity contribution in [1.29, 1.82) is 0 Å². The molecule has 0 saturated heterocycles. The summed E-state index contributed by atoms with van der Waals surface area (Å²) in [6, 6.07) is 15.9. The van der Waals surface area contributed by atoms with Gasteiger partial charge in [-0.15, -0.1) is 11.3 Å². The van der Waals surface area contributed by atoms with Gasteiger partial charge in [0.05, 0.1) is 24.6 Å². The van der Waals surface area contributed by atoms with Gasteiger partial charge in [0.1, 0.15) is 0 Å². The molecule has 1 aromatic heterocycles. The first kappa shape index (κ1) is 19.9. The lowest BCUT2D eigenvalue weighted by Crippen LogP contribution is -2.11. The number of benzene rings is 2. The van der Waals surface area contributed by atoms with E-state index < -0.39 is 0 Å². The smallest absolute Gasteiger partial charge is 0.203 e. The Labute approximate surface area is 170 Å². The molecular weight excluding hydrogens is 370 g/mol. The second kappa shape index (κ2) is 9.90. The number of thiazole rings is 1. The minimum atomic E-state index is 0.143. The third-order valence-electron chi connectivity index (χ3n) is 4.12. The highest BCUT2D eigenvalue weighted by Gasteiger charge is 2.09. The molecule has 5 nitrogen and oxygen atoms in total. The van der Waals surface area contributed by atoms with Crippen molar-refractivity contribution in [2.45, 2.75) is 33.3 Å². The van der Waals surface area contributed by atoms with E-state index >= 15 is 0 Å². The number of aromatic nitrogens is 1. The Morgan fingerprint density at radius 1 is 1.14 bits per heavy atom. The van der Waals surface area contributed by atoms with E-state index in [2.05, 4.69) is 22.4 Å². The van der Waals surface area contributed by atoms with Gasteiger partial charge in [-0.25, -0.2) is 4.98 Å². The molecule has 28 heavy (non-hydrogen) atoms. The predicted molar refractivity (Wildman–Crippen MR) is 117 cm³/mol. The van der Waals surface area contributed by atoms with E-state index in [9.17, 15) is 0 Å². The molecular formula is C22H25N3O2S. The maximum atomic E-state index is 5.93. The molecule has 3 aromatic rings. The summed E-state index contributed by atoms with van der Waals surface area (Å²) in [6.07, 6.45) is 2.83. The Balaban J connectivity index is 1.67. The number of nitrogens with zero attached hydrogens (tertiary/aromatic N) is 2. The van der Waals surface area contributed by atoms with Crippen LogP contribution in [-0.4, -0.2) is 23.9 Å². The second-order valence-corrected chi connectivity index (χ2v) is 7.11. The molecule has 1 N–H and O–H groups in total. The largest absolute Gasteiger partial charge is 0.490 e. The molecule has 0 spiro atoms. The fourth-order valence-electron chi connectivity index (χ4n) is 2.50. The van der Waals surface area contributed by atoms with Crippen LogP contribution in [0.1, 0.15) is 32.8 Å². The molecule has 0 aliphatic carbocycles. The first-order chi connectivity index (χ1) is 13.7. The van der Waals surface area contributed by atoms with E-state index in [1.165, 1.54) is 11.3 Å². The average molecular weight is 396 g/mol. The Morgan fingerprint density at radius 2 is 1.96 bits per heavy atom. The lowest BCUT2D eigenvalue weighted by Gasteiger charge is -2.16. The molecule has 0 bridgehead atoms. The molecule has 0 saturated carbocycles. The molecule has 1 heterocycles. The molecule has 3 rings (SSSR count). The average Bonchev–Trinajstić information content (AvgIpc) is 3.19. The second-order valence-electron chi connectivity index (χ2n) is 6.25. The van der Waals surface area contributed by atoms with Crippen molar-refractivity contribution in [2.24, 2.45) is 5.10 Å². The van der Waals surface area contributed by atoms with Crippen LogP contribution in [0.4, 0.5) is 5.13 Å². The molecule has 0 radical (unpaired) electrons. The van der Waals surface area contributed by atoms with Crippen LogP contribution in [0.25, 0.3) is 11.3 Å². The van der Waals surface area contributed by atoms with E-state index in [1.54, 1.807) is 6.21 Å². The SMILES string of the molecule is CCOc1cc(C=NNc2nc(-c3ccccc3)cs2)ccc1OC(C)CC. The van der Waals surface area contributed by atoms with Crippen LogP contribution in [0.15, 0.2) is 59.0 Å². The number of nitrogens with one attached hydrogen (secondary N) is 1. The summed E-state index contributed by atoms with van der Waals surface area (Å²) in [5.41, 5.74) is 5.95.